The van der Waals surface area contributed by atoms with Crippen molar-refractivity contribution in [1.29, 1.82) is 0 Å². The molecule has 178 valence electrons. The van der Waals surface area contributed by atoms with Crippen LogP contribution >= 0.6 is 11.5 Å². The van der Waals surface area contributed by atoms with E-state index in [9.17, 15) is 0 Å². The van der Waals surface area contributed by atoms with Crippen molar-refractivity contribution in [2.45, 2.75) is 0 Å². The minimum Gasteiger partial charge on any atom is -0.309 e. The topological polar surface area (TPSA) is 30.7 Å². The summed E-state index contributed by atoms with van der Waals surface area (Å²) in [6.07, 6.45) is 0. The molecule has 0 fully saturated rings. The third kappa shape index (κ3) is 3.21. The Labute approximate surface area is 223 Å². The van der Waals surface area contributed by atoms with Gasteiger partial charge in [0, 0.05) is 33.0 Å². The lowest BCUT2D eigenvalue weighted by molar-refractivity contribution is 1.18. The molecule has 0 spiro atoms. The van der Waals surface area contributed by atoms with Crippen LogP contribution in [0.3, 0.4) is 0 Å². The van der Waals surface area contributed by atoms with E-state index in [1.54, 1.807) is 0 Å². The Hall–Kier alpha value is -4.80. The molecule has 0 atom stereocenters. The van der Waals surface area contributed by atoms with Crippen molar-refractivity contribution in [3.05, 3.63) is 127 Å². The second-order valence-electron chi connectivity index (χ2n) is 9.53. The highest BCUT2D eigenvalue weighted by atomic mass is 32.1. The van der Waals surface area contributed by atoms with Gasteiger partial charge in [-0.2, -0.15) is 4.37 Å². The fourth-order valence-electron chi connectivity index (χ4n) is 5.67. The normalized spacial score (nSPS) is 11.7. The van der Waals surface area contributed by atoms with Crippen molar-refractivity contribution in [3.63, 3.8) is 0 Å². The summed E-state index contributed by atoms with van der Waals surface area (Å²) < 4.78 is 7.18. The summed E-state index contributed by atoms with van der Waals surface area (Å²) in [7, 11) is 0. The van der Waals surface area contributed by atoms with Gasteiger partial charge in [0.25, 0.3) is 0 Å². The second kappa shape index (κ2) is 8.37. The molecule has 2 heterocycles. The molecule has 0 N–H and O–H groups in total. The van der Waals surface area contributed by atoms with Gasteiger partial charge in [-0.25, -0.2) is 4.98 Å². The summed E-state index contributed by atoms with van der Waals surface area (Å²) in [5, 5.41) is 8.29. The first kappa shape index (κ1) is 21.3. The lowest BCUT2D eigenvalue weighted by Crippen LogP contribution is -1.94. The minimum atomic E-state index is 0.772. The Morgan fingerprint density at radius 2 is 1.21 bits per heavy atom. The number of para-hydroxylation sites is 2. The molecule has 0 aliphatic rings. The third-order valence-corrected chi connectivity index (χ3v) is 8.13. The zero-order valence-electron chi connectivity index (χ0n) is 20.4. The molecule has 6 aromatic carbocycles. The van der Waals surface area contributed by atoms with E-state index in [4.69, 9.17) is 9.36 Å². The van der Waals surface area contributed by atoms with E-state index in [-0.39, 0.29) is 0 Å². The summed E-state index contributed by atoms with van der Waals surface area (Å²) in [5.41, 5.74) is 5.66. The van der Waals surface area contributed by atoms with Gasteiger partial charge < -0.3 is 4.57 Å². The van der Waals surface area contributed by atoms with Crippen molar-refractivity contribution in [3.8, 4) is 27.6 Å². The molecule has 0 aliphatic heterocycles. The predicted octanol–water partition coefficient (Wildman–Crippen LogP) is 9.28. The number of nitrogens with zero attached hydrogens (tertiary/aromatic N) is 3. The Kier molecular flexibility index (Phi) is 4.69. The molecule has 8 rings (SSSR count). The van der Waals surface area contributed by atoms with Crippen LogP contribution in [-0.2, 0) is 0 Å². The number of aromatic nitrogens is 3. The average molecular weight is 504 g/mol. The Morgan fingerprint density at radius 3 is 2.03 bits per heavy atom. The standard InChI is InChI=1S/C34H21N3S/c1-2-13-26-22(9-1)19-20-23-10-8-16-29(32(23)26)33-35-34(38-36-33)24-11-7-12-25(21-24)37-30-17-5-3-14-27(30)28-15-4-6-18-31(28)37/h1-21H. The quantitative estimate of drug-likeness (QED) is 0.225. The van der Waals surface area contributed by atoms with E-state index in [2.05, 4.69) is 132 Å². The Morgan fingerprint density at radius 1 is 0.553 bits per heavy atom. The third-order valence-electron chi connectivity index (χ3n) is 7.37. The van der Waals surface area contributed by atoms with E-state index >= 15 is 0 Å². The summed E-state index contributed by atoms with van der Waals surface area (Å²) in [4.78, 5) is 5.05. The molecule has 3 nitrogen and oxygen atoms in total. The second-order valence-corrected chi connectivity index (χ2v) is 10.3. The number of fused-ring (bicyclic) bond motifs is 6. The van der Waals surface area contributed by atoms with Gasteiger partial charge in [0.15, 0.2) is 5.82 Å². The molecular formula is C34H21N3S. The smallest absolute Gasteiger partial charge is 0.174 e. The monoisotopic (exact) mass is 503 g/mol. The molecule has 0 radical (unpaired) electrons. The molecule has 2 aromatic heterocycles. The SMILES string of the molecule is c1cc(-c2nc(-c3cccc4ccc5ccccc5c34)ns2)cc(-n2c3ccccc3c3ccccc32)c1. The summed E-state index contributed by atoms with van der Waals surface area (Å²) in [5.74, 6) is 0.772. The van der Waals surface area contributed by atoms with E-state index in [0.717, 1.165) is 27.6 Å². The van der Waals surface area contributed by atoms with Crippen LogP contribution in [0.4, 0.5) is 0 Å². The zero-order chi connectivity index (χ0) is 25.1. The zero-order valence-corrected chi connectivity index (χ0v) is 21.2. The largest absolute Gasteiger partial charge is 0.309 e. The highest BCUT2D eigenvalue weighted by Crippen LogP contribution is 2.36. The fraction of sp³-hybridized carbons (Fsp3) is 0. The van der Waals surface area contributed by atoms with Gasteiger partial charge in [-0.3, -0.25) is 0 Å². The molecule has 0 unspecified atom stereocenters. The van der Waals surface area contributed by atoms with Gasteiger partial charge in [0.1, 0.15) is 5.01 Å². The van der Waals surface area contributed by atoms with E-state index in [0.29, 0.717) is 0 Å². The van der Waals surface area contributed by atoms with Crippen LogP contribution in [0, 0.1) is 0 Å². The van der Waals surface area contributed by atoms with Crippen molar-refractivity contribution < 1.29 is 0 Å². The van der Waals surface area contributed by atoms with Crippen molar-refractivity contribution >= 4 is 54.9 Å². The molecule has 0 aliphatic carbocycles. The van der Waals surface area contributed by atoms with Gasteiger partial charge in [-0.1, -0.05) is 103 Å². The maximum Gasteiger partial charge on any atom is 0.174 e. The van der Waals surface area contributed by atoms with Crippen LogP contribution in [0.5, 0.6) is 0 Å². The maximum atomic E-state index is 5.05. The summed E-state index contributed by atoms with van der Waals surface area (Å²) >= 11 is 1.45. The first-order chi connectivity index (χ1) is 18.8. The summed E-state index contributed by atoms with van der Waals surface area (Å²) in [6.45, 7) is 0. The first-order valence-electron chi connectivity index (χ1n) is 12.7. The molecule has 38 heavy (non-hydrogen) atoms. The lowest BCUT2D eigenvalue weighted by Gasteiger charge is -2.09. The van der Waals surface area contributed by atoms with Gasteiger partial charge in [-0.05, 0) is 52.0 Å². The minimum absolute atomic E-state index is 0.772. The molecule has 0 saturated heterocycles. The molecule has 4 heteroatoms. The van der Waals surface area contributed by atoms with Gasteiger partial charge in [0.2, 0.25) is 0 Å². The van der Waals surface area contributed by atoms with Gasteiger partial charge >= 0.3 is 0 Å². The van der Waals surface area contributed by atoms with Crippen LogP contribution < -0.4 is 0 Å². The Bertz CT molecular complexity index is 2100. The van der Waals surface area contributed by atoms with Gasteiger partial charge in [-0.15, -0.1) is 0 Å². The highest BCUT2D eigenvalue weighted by molar-refractivity contribution is 7.09. The van der Waals surface area contributed by atoms with E-state index < -0.39 is 0 Å². The highest BCUT2D eigenvalue weighted by Gasteiger charge is 2.15. The molecule has 0 bridgehead atoms. The Balaban J connectivity index is 1.28. The van der Waals surface area contributed by atoms with Crippen molar-refractivity contribution in [2.24, 2.45) is 0 Å². The predicted molar refractivity (Wildman–Crippen MR) is 160 cm³/mol. The van der Waals surface area contributed by atoms with Crippen LogP contribution in [0.15, 0.2) is 127 Å². The van der Waals surface area contributed by atoms with Gasteiger partial charge in [0.05, 0.1) is 11.0 Å². The van der Waals surface area contributed by atoms with Crippen molar-refractivity contribution in [2.75, 3.05) is 0 Å². The lowest BCUT2D eigenvalue weighted by atomic mass is 9.97. The molecule has 0 saturated carbocycles. The van der Waals surface area contributed by atoms with Crippen LogP contribution in [0.25, 0.3) is 71.0 Å². The van der Waals surface area contributed by atoms with Crippen molar-refractivity contribution in [1.82, 2.24) is 13.9 Å². The number of hydrogen-bond donors (Lipinski definition) is 0. The fourth-order valence-corrected chi connectivity index (χ4v) is 6.35. The molecule has 0 amide bonds. The summed E-state index contributed by atoms with van der Waals surface area (Å²) in [6, 6.07) is 45.1. The van der Waals surface area contributed by atoms with Crippen LogP contribution in [0.1, 0.15) is 0 Å². The van der Waals surface area contributed by atoms with E-state index in [1.807, 2.05) is 0 Å². The van der Waals surface area contributed by atoms with Crippen LogP contribution in [-0.4, -0.2) is 13.9 Å². The van der Waals surface area contributed by atoms with Crippen LogP contribution in [0.2, 0.25) is 0 Å². The maximum absolute atomic E-state index is 5.05. The molecule has 8 aromatic rings. The number of rotatable bonds is 3. The first-order valence-corrected chi connectivity index (χ1v) is 13.5. The number of hydrogen-bond acceptors (Lipinski definition) is 3. The van der Waals surface area contributed by atoms with E-state index in [1.165, 1.54) is 54.9 Å². The average Bonchev–Trinajstić information content (AvgIpc) is 3.60. The number of benzene rings is 6. The molecular weight excluding hydrogens is 482 g/mol.